The Bertz CT molecular complexity index is 499. The van der Waals surface area contributed by atoms with Crippen LogP contribution in [-0.4, -0.2) is 30.8 Å². The van der Waals surface area contributed by atoms with Crippen LogP contribution in [-0.2, 0) is 23.4 Å². The summed E-state index contributed by atoms with van der Waals surface area (Å²) in [5, 5.41) is 9.22. The van der Waals surface area contributed by atoms with Gasteiger partial charge in [0.2, 0.25) is 0 Å². The highest BCUT2D eigenvalue weighted by Gasteiger charge is 2.33. The van der Waals surface area contributed by atoms with Crippen molar-refractivity contribution in [3.05, 3.63) is 30.3 Å². The first-order chi connectivity index (χ1) is 8.33. The topological polar surface area (TPSA) is 110 Å². The van der Waals surface area contributed by atoms with Gasteiger partial charge in [-0.05, 0) is 19.1 Å². The molecule has 1 aromatic rings. The van der Waals surface area contributed by atoms with Gasteiger partial charge in [-0.2, -0.15) is 8.42 Å². The monoisotopic (exact) mass is 295 g/mol. The molecule has 0 bridgehead atoms. The lowest BCUT2D eigenvalue weighted by Crippen LogP contribution is -2.30. The number of hydrogen-bond acceptors (Lipinski definition) is 6. The number of aliphatic hydroxyl groups excluding tert-OH is 1. The first kappa shape index (κ1) is 15.2. The second kappa shape index (κ2) is 6.33. The van der Waals surface area contributed by atoms with Gasteiger partial charge in [-0.25, -0.2) is 4.18 Å². The average Bonchev–Trinajstić information content (AvgIpc) is 2.28. The van der Waals surface area contributed by atoms with E-state index in [1.54, 1.807) is 6.07 Å². The molecule has 18 heavy (non-hydrogen) atoms. The lowest BCUT2D eigenvalue weighted by Gasteiger charge is -2.13. The van der Waals surface area contributed by atoms with Crippen LogP contribution in [0.2, 0.25) is 0 Å². The minimum absolute atomic E-state index is 0.146. The zero-order valence-electron chi connectivity index (χ0n) is 9.33. The van der Waals surface area contributed by atoms with Gasteiger partial charge >= 0.3 is 8.25 Å². The second-order valence-corrected chi connectivity index (χ2v) is 5.57. The molecule has 2 N–H and O–H groups in total. The SMILES string of the molecule is C[C@H](O)[C@@H](O[P+](=O)O)OS(=O)(=O)c1ccccc1. The maximum absolute atomic E-state index is 11.7. The third kappa shape index (κ3) is 4.41. The zero-order valence-corrected chi connectivity index (χ0v) is 11.0. The van der Waals surface area contributed by atoms with Crippen LogP contribution in [0, 0.1) is 0 Å². The van der Waals surface area contributed by atoms with Gasteiger partial charge in [0.25, 0.3) is 16.4 Å². The molecule has 1 rings (SSSR count). The van der Waals surface area contributed by atoms with Crippen LogP contribution in [0.25, 0.3) is 0 Å². The van der Waals surface area contributed by atoms with Crippen molar-refractivity contribution in [1.29, 1.82) is 0 Å². The predicted octanol–water partition coefficient (Wildman–Crippen LogP) is 0.765. The smallest absolute Gasteiger partial charge is 0.388 e. The summed E-state index contributed by atoms with van der Waals surface area (Å²) in [6.45, 7) is 1.17. The van der Waals surface area contributed by atoms with Crippen LogP contribution >= 0.6 is 8.25 Å². The van der Waals surface area contributed by atoms with Crippen LogP contribution in [0.5, 0.6) is 0 Å². The molecule has 100 valence electrons. The Labute approximate surface area is 105 Å². The Morgan fingerprint density at radius 3 is 2.28 bits per heavy atom. The number of rotatable bonds is 6. The predicted molar refractivity (Wildman–Crippen MR) is 61.1 cm³/mol. The Balaban J connectivity index is 2.90. The van der Waals surface area contributed by atoms with Gasteiger partial charge in [0.05, 0.1) is 4.90 Å². The largest absolute Gasteiger partial charge is 0.697 e. The van der Waals surface area contributed by atoms with Crippen molar-refractivity contribution in [1.82, 2.24) is 0 Å². The molecule has 0 aliphatic rings. The Morgan fingerprint density at radius 2 is 1.83 bits per heavy atom. The lowest BCUT2D eigenvalue weighted by molar-refractivity contribution is -0.0748. The molecule has 0 spiro atoms. The lowest BCUT2D eigenvalue weighted by atomic mass is 10.4. The Morgan fingerprint density at radius 1 is 1.28 bits per heavy atom. The molecule has 0 saturated carbocycles. The summed E-state index contributed by atoms with van der Waals surface area (Å²) in [5.41, 5.74) is 0. The van der Waals surface area contributed by atoms with Crippen molar-refractivity contribution in [2.45, 2.75) is 24.2 Å². The van der Waals surface area contributed by atoms with E-state index in [2.05, 4.69) is 8.71 Å². The molecule has 1 unspecified atom stereocenters. The third-order valence-corrected chi connectivity index (χ3v) is 3.52. The van der Waals surface area contributed by atoms with Crippen LogP contribution in [0.3, 0.4) is 0 Å². The highest BCUT2D eigenvalue weighted by atomic mass is 32.2. The van der Waals surface area contributed by atoms with Gasteiger partial charge in [-0.15, -0.1) is 4.89 Å². The van der Waals surface area contributed by atoms with Crippen molar-refractivity contribution < 1.29 is 31.7 Å². The molecule has 0 aromatic heterocycles. The molecule has 7 nitrogen and oxygen atoms in total. The summed E-state index contributed by atoms with van der Waals surface area (Å²) in [4.78, 5) is 8.39. The molecular formula is C9H12O7PS+. The van der Waals surface area contributed by atoms with E-state index in [-0.39, 0.29) is 4.90 Å². The van der Waals surface area contributed by atoms with E-state index >= 15 is 0 Å². The normalized spacial score (nSPS) is 16.1. The minimum atomic E-state index is -4.17. The fraction of sp³-hybridized carbons (Fsp3) is 0.333. The standard InChI is InChI=1S/C9H11O7PS/c1-7(10)9(15-17(11)12)16-18(13,14)8-5-3-2-4-6-8/h2-7,9-10H,1H3/p+1/t7-,9-/m0/s1. The minimum Gasteiger partial charge on any atom is -0.388 e. The van der Waals surface area contributed by atoms with Gasteiger partial charge in [-0.1, -0.05) is 22.7 Å². The van der Waals surface area contributed by atoms with Crippen LogP contribution in [0.1, 0.15) is 6.92 Å². The highest BCUT2D eigenvalue weighted by Crippen LogP contribution is 2.24. The Hall–Kier alpha value is -0.890. The van der Waals surface area contributed by atoms with E-state index in [9.17, 15) is 18.1 Å². The summed E-state index contributed by atoms with van der Waals surface area (Å²) in [7, 11) is -7.27. The quantitative estimate of drug-likeness (QED) is 0.453. The molecule has 3 atom stereocenters. The molecule has 0 fully saturated rings. The first-order valence-corrected chi connectivity index (χ1v) is 7.36. The van der Waals surface area contributed by atoms with Crippen molar-refractivity contribution in [3.8, 4) is 0 Å². The van der Waals surface area contributed by atoms with Crippen LogP contribution < -0.4 is 0 Å². The van der Waals surface area contributed by atoms with Crippen molar-refractivity contribution in [2.75, 3.05) is 0 Å². The fourth-order valence-electron chi connectivity index (χ4n) is 1.04. The van der Waals surface area contributed by atoms with E-state index in [1.165, 1.54) is 31.2 Å². The highest BCUT2D eigenvalue weighted by molar-refractivity contribution is 7.86. The number of benzene rings is 1. The first-order valence-electron chi connectivity index (χ1n) is 4.82. The molecule has 0 heterocycles. The van der Waals surface area contributed by atoms with Gasteiger partial charge in [0.15, 0.2) is 0 Å². The third-order valence-electron chi connectivity index (χ3n) is 1.84. The molecule has 0 radical (unpaired) electrons. The van der Waals surface area contributed by atoms with E-state index in [1.807, 2.05) is 0 Å². The average molecular weight is 295 g/mol. The van der Waals surface area contributed by atoms with Gasteiger partial charge in [0, 0.05) is 4.57 Å². The van der Waals surface area contributed by atoms with E-state index < -0.39 is 30.8 Å². The van der Waals surface area contributed by atoms with Gasteiger partial charge in [-0.3, -0.25) is 0 Å². The number of aliphatic hydroxyl groups is 1. The molecule has 1 aromatic carbocycles. The molecule has 0 amide bonds. The Kier molecular flexibility index (Phi) is 5.33. The maximum Gasteiger partial charge on any atom is 0.697 e. The molecule has 9 heteroatoms. The molecule has 0 aliphatic carbocycles. The molecule has 0 aliphatic heterocycles. The maximum atomic E-state index is 11.7. The van der Waals surface area contributed by atoms with Crippen LogP contribution in [0.15, 0.2) is 35.2 Å². The van der Waals surface area contributed by atoms with E-state index in [4.69, 9.17) is 4.89 Å². The van der Waals surface area contributed by atoms with Gasteiger partial charge in [0.1, 0.15) is 6.10 Å². The second-order valence-electron chi connectivity index (χ2n) is 3.32. The molecular weight excluding hydrogens is 283 g/mol. The number of hydrogen-bond donors (Lipinski definition) is 2. The van der Waals surface area contributed by atoms with Crippen molar-refractivity contribution in [2.24, 2.45) is 0 Å². The summed E-state index contributed by atoms with van der Waals surface area (Å²) in [6.07, 6.45) is -3.14. The zero-order chi connectivity index (χ0) is 13.8. The van der Waals surface area contributed by atoms with Crippen molar-refractivity contribution in [3.63, 3.8) is 0 Å². The van der Waals surface area contributed by atoms with E-state index in [0.29, 0.717) is 0 Å². The summed E-state index contributed by atoms with van der Waals surface area (Å²) in [5.74, 6) is 0. The van der Waals surface area contributed by atoms with Crippen molar-refractivity contribution >= 4 is 18.4 Å². The summed E-state index contributed by atoms with van der Waals surface area (Å²) in [6, 6.07) is 7.16. The van der Waals surface area contributed by atoms with E-state index in [0.717, 1.165) is 0 Å². The van der Waals surface area contributed by atoms with Crippen LogP contribution in [0.4, 0.5) is 0 Å². The summed E-state index contributed by atoms with van der Waals surface area (Å²) < 4.78 is 42.8. The fourth-order valence-corrected chi connectivity index (χ4v) is 2.55. The molecule has 0 saturated heterocycles. The van der Waals surface area contributed by atoms with Gasteiger partial charge < -0.3 is 5.11 Å². The summed E-state index contributed by atoms with van der Waals surface area (Å²) >= 11 is 0.